The topological polar surface area (TPSA) is 79.8 Å². The molecular formula is C17H18N6O2. The van der Waals surface area contributed by atoms with Gasteiger partial charge in [-0.25, -0.2) is 9.50 Å². The maximum atomic E-state index is 12.6. The fraction of sp³-hybridized carbons (Fsp3) is 0.412. The summed E-state index contributed by atoms with van der Waals surface area (Å²) in [5.74, 6) is 2.10. The lowest BCUT2D eigenvalue weighted by Gasteiger charge is -2.44. The monoisotopic (exact) mass is 338 g/mol. The van der Waals surface area contributed by atoms with Crippen molar-refractivity contribution in [2.45, 2.75) is 24.8 Å². The van der Waals surface area contributed by atoms with Crippen LogP contribution in [0.25, 0.3) is 5.65 Å². The normalized spacial score (nSPS) is 17.7. The Morgan fingerprint density at radius 2 is 2.16 bits per heavy atom. The second kappa shape index (κ2) is 5.30. The molecule has 3 aromatic heterocycles. The van der Waals surface area contributed by atoms with E-state index in [1.54, 1.807) is 21.7 Å². The van der Waals surface area contributed by atoms with Gasteiger partial charge in [0.2, 0.25) is 0 Å². The standard InChI is InChI=1S/C17H18N6O2/c1-21(17(24)13-8-14(25-20-13)11-2-3-11)12-9-22(10-12)16-5-4-15-18-6-7-23(15)19-16/h4-8,11-12H,2-3,9-10H2,1H3. The minimum absolute atomic E-state index is 0.0849. The molecule has 1 saturated heterocycles. The predicted molar refractivity (Wildman–Crippen MR) is 89.6 cm³/mol. The number of aromatic nitrogens is 4. The van der Waals surface area contributed by atoms with E-state index in [4.69, 9.17) is 4.52 Å². The summed E-state index contributed by atoms with van der Waals surface area (Å²) in [5.41, 5.74) is 1.23. The molecule has 3 aromatic rings. The first-order chi connectivity index (χ1) is 12.2. The van der Waals surface area contributed by atoms with Crippen molar-refractivity contribution >= 4 is 17.4 Å². The quantitative estimate of drug-likeness (QED) is 0.718. The molecule has 128 valence electrons. The van der Waals surface area contributed by atoms with E-state index in [1.807, 2.05) is 25.4 Å². The number of rotatable bonds is 4. The summed E-state index contributed by atoms with van der Waals surface area (Å²) in [6, 6.07) is 5.84. The van der Waals surface area contributed by atoms with Gasteiger partial charge in [-0.3, -0.25) is 4.79 Å². The zero-order valence-corrected chi connectivity index (χ0v) is 13.9. The van der Waals surface area contributed by atoms with Crippen LogP contribution in [0.3, 0.4) is 0 Å². The third-order valence-electron chi connectivity index (χ3n) is 5.02. The summed E-state index contributed by atoms with van der Waals surface area (Å²) in [7, 11) is 1.82. The minimum Gasteiger partial charge on any atom is -0.360 e. The molecule has 2 aliphatic rings. The SMILES string of the molecule is CN(C(=O)c1cc(C2CC2)on1)C1CN(c2ccc3nccn3n2)C1. The first-order valence-electron chi connectivity index (χ1n) is 8.48. The molecule has 1 saturated carbocycles. The van der Waals surface area contributed by atoms with Gasteiger partial charge in [0.15, 0.2) is 11.3 Å². The molecular weight excluding hydrogens is 320 g/mol. The number of nitrogens with zero attached hydrogens (tertiary/aromatic N) is 6. The van der Waals surface area contributed by atoms with E-state index < -0.39 is 0 Å². The molecule has 1 aliphatic heterocycles. The number of likely N-dealkylation sites (N-methyl/N-ethyl adjacent to an activating group) is 1. The molecule has 5 rings (SSSR count). The molecule has 0 atom stereocenters. The maximum absolute atomic E-state index is 12.6. The summed E-state index contributed by atoms with van der Waals surface area (Å²) < 4.78 is 7.04. The van der Waals surface area contributed by atoms with Crippen LogP contribution in [0.2, 0.25) is 0 Å². The van der Waals surface area contributed by atoms with E-state index in [-0.39, 0.29) is 11.9 Å². The van der Waals surface area contributed by atoms with Crippen LogP contribution in [-0.2, 0) is 0 Å². The van der Waals surface area contributed by atoms with Gasteiger partial charge in [0.25, 0.3) is 5.91 Å². The maximum Gasteiger partial charge on any atom is 0.276 e. The number of fused-ring (bicyclic) bond motifs is 1. The summed E-state index contributed by atoms with van der Waals surface area (Å²) >= 11 is 0. The molecule has 0 N–H and O–H groups in total. The fourth-order valence-corrected chi connectivity index (χ4v) is 3.16. The molecule has 4 heterocycles. The molecule has 25 heavy (non-hydrogen) atoms. The number of hydrogen-bond donors (Lipinski definition) is 0. The lowest BCUT2D eigenvalue weighted by atomic mass is 10.1. The van der Waals surface area contributed by atoms with Crippen LogP contribution >= 0.6 is 0 Å². The van der Waals surface area contributed by atoms with Crippen molar-refractivity contribution in [2.24, 2.45) is 0 Å². The molecule has 8 nitrogen and oxygen atoms in total. The molecule has 1 aliphatic carbocycles. The fourth-order valence-electron chi connectivity index (χ4n) is 3.16. The third-order valence-corrected chi connectivity index (χ3v) is 5.02. The van der Waals surface area contributed by atoms with E-state index in [1.165, 1.54) is 0 Å². The Labute approximate surface area is 144 Å². The van der Waals surface area contributed by atoms with Gasteiger partial charge in [0.1, 0.15) is 11.6 Å². The van der Waals surface area contributed by atoms with E-state index in [0.717, 1.165) is 43.2 Å². The van der Waals surface area contributed by atoms with Gasteiger partial charge in [-0.05, 0) is 25.0 Å². The smallest absolute Gasteiger partial charge is 0.276 e. The Bertz CT molecular complexity index is 937. The molecule has 0 aromatic carbocycles. The van der Waals surface area contributed by atoms with Crippen LogP contribution in [0.4, 0.5) is 5.82 Å². The highest BCUT2D eigenvalue weighted by Crippen LogP contribution is 2.40. The summed E-state index contributed by atoms with van der Waals surface area (Å²) in [5, 5.41) is 8.48. The van der Waals surface area contributed by atoms with Crippen LogP contribution in [0.15, 0.2) is 35.1 Å². The second-order valence-corrected chi connectivity index (χ2v) is 6.79. The Balaban J connectivity index is 1.24. The van der Waals surface area contributed by atoms with E-state index in [0.29, 0.717) is 11.6 Å². The highest BCUT2D eigenvalue weighted by atomic mass is 16.5. The minimum atomic E-state index is -0.0849. The lowest BCUT2D eigenvalue weighted by Crippen LogP contribution is -2.60. The van der Waals surface area contributed by atoms with Crippen molar-refractivity contribution in [1.82, 2.24) is 24.7 Å². The van der Waals surface area contributed by atoms with Crippen molar-refractivity contribution in [3.05, 3.63) is 42.0 Å². The van der Waals surface area contributed by atoms with Gasteiger partial charge in [-0.2, -0.15) is 0 Å². The van der Waals surface area contributed by atoms with Gasteiger partial charge in [0, 0.05) is 44.5 Å². The molecule has 0 bridgehead atoms. The average molecular weight is 338 g/mol. The van der Waals surface area contributed by atoms with Crippen LogP contribution in [0.1, 0.15) is 35.0 Å². The number of hydrogen-bond acceptors (Lipinski definition) is 6. The van der Waals surface area contributed by atoms with E-state index >= 15 is 0 Å². The Hall–Kier alpha value is -2.90. The number of imidazole rings is 1. The molecule has 0 spiro atoms. The third kappa shape index (κ3) is 2.45. The van der Waals surface area contributed by atoms with Gasteiger partial charge >= 0.3 is 0 Å². The first kappa shape index (κ1) is 14.4. The van der Waals surface area contributed by atoms with E-state index in [9.17, 15) is 4.79 Å². The lowest BCUT2D eigenvalue weighted by molar-refractivity contribution is 0.0694. The predicted octanol–water partition coefficient (Wildman–Crippen LogP) is 1.56. The van der Waals surface area contributed by atoms with Crippen molar-refractivity contribution in [3.8, 4) is 0 Å². The zero-order valence-electron chi connectivity index (χ0n) is 13.9. The van der Waals surface area contributed by atoms with Crippen LogP contribution in [0.5, 0.6) is 0 Å². The molecule has 0 unspecified atom stereocenters. The number of carbonyl (C=O) groups is 1. The second-order valence-electron chi connectivity index (χ2n) is 6.79. The van der Waals surface area contributed by atoms with Crippen LogP contribution in [0, 0.1) is 0 Å². The van der Waals surface area contributed by atoms with E-state index in [2.05, 4.69) is 20.1 Å². The van der Waals surface area contributed by atoms with Gasteiger partial charge < -0.3 is 14.3 Å². The average Bonchev–Trinajstić information content (AvgIpc) is 3.13. The van der Waals surface area contributed by atoms with Gasteiger partial charge in [-0.1, -0.05) is 5.16 Å². The summed E-state index contributed by atoms with van der Waals surface area (Å²) in [4.78, 5) is 20.7. The highest BCUT2D eigenvalue weighted by molar-refractivity contribution is 5.92. The molecule has 2 fully saturated rings. The van der Waals surface area contributed by atoms with Gasteiger partial charge in [-0.15, -0.1) is 5.10 Å². The van der Waals surface area contributed by atoms with Crippen molar-refractivity contribution < 1.29 is 9.32 Å². The van der Waals surface area contributed by atoms with Crippen LogP contribution in [-0.4, -0.2) is 56.7 Å². The van der Waals surface area contributed by atoms with Gasteiger partial charge in [0.05, 0.1) is 6.04 Å². The number of amides is 1. The Morgan fingerprint density at radius 3 is 2.96 bits per heavy atom. The zero-order chi connectivity index (χ0) is 17.0. The van der Waals surface area contributed by atoms with Crippen molar-refractivity contribution in [2.75, 3.05) is 25.0 Å². The number of anilines is 1. The molecule has 8 heteroatoms. The Kier molecular flexibility index (Phi) is 3.06. The van der Waals surface area contributed by atoms with Crippen molar-refractivity contribution in [3.63, 3.8) is 0 Å². The largest absolute Gasteiger partial charge is 0.360 e. The Morgan fingerprint density at radius 1 is 1.32 bits per heavy atom. The molecule has 1 amide bonds. The molecule has 0 radical (unpaired) electrons. The van der Waals surface area contributed by atoms with Crippen molar-refractivity contribution in [1.29, 1.82) is 0 Å². The highest BCUT2D eigenvalue weighted by Gasteiger charge is 2.35. The van der Waals surface area contributed by atoms with Crippen LogP contribution < -0.4 is 4.90 Å². The number of carbonyl (C=O) groups excluding carboxylic acids is 1. The summed E-state index contributed by atoms with van der Waals surface area (Å²) in [6.07, 6.45) is 5.81. The first-order valence-corrected chi connectivity index (χ1v) is 8.48. The summed E-state index contributed by atoms with van der Waals surface area (Å²) in [6.45, 7) is 1.51.